The van der Waals surface area contributed by atoms with Gasteiger partial charge in [0.05, 0.1) is 6.61 Å². The first kappa shape index (κ1) is 13.2. The third-order valence-corrected chi connectivity index (χ3v) is 3.49. The lowest BCUT2D eigenvalue weighted by Gasteiger charge is -2.32. The van der Waals surface area contributed by atoms with Gasteiger partial charge in [-0.3, -0.25) is 5.32 Å². The molecule has 0 saturated carbocycles. The summed E-state index contributed by atoms with van der Waals surface area (Å²) < 4.78 is 5.95. The first-order valence-electron chi connectivity index (χ1n) is 5.53. The number of hydrogen-bond donors (Lipinski definition) is 1. The Morgan fingerprint density at radius 3 is 2.40 bits per heavy atom. The maximum Gasteiger partial charge on any atom is 0.121 e. The van der Waals surface area contributed by atoms with Crippen LogP contribution in [0, 0.1) is 5.92 Å². The normalized spacial score (nSPS) is 40.4. The Labute approximate surface area is 99.0 Å². The molecule has 2 heterocycles. The summed E-state index contributed by atoms with van der Waals surface area (Å²) in [6, 6.07) is 0. The fourth-order valence-electron chi connectivity index (χ4n) is 2.68. The fraction of sp³-hybridized carbons (Fsp3) is 1.00. The second-order valence-electron chi connectivity index (χ2n) is 5.65. The van der Waals surface area contributed by atoms with Crippen molar-refractivity contribution in [2.45, 2.75) is 38.5 Å². The molecule has 0 radical (unpaired) electrons. The predicted octanol–water partition coefficient (Wildman–Crippen LogP) is 1.47. The van der Waals surface area contributed by atoms with E-state index in [0.29, 0.717) is 5.92 Å². The van der Waals surface area contributed by atoms with E-state index in [4.69, 9.17) is 4.74 Å². The molecule has 15 heavy (non-hydrogen) atoms. The molecule has 0 aromatic heterocycles. The molecule has 3 nitrogen and oxygen atoms in total. The second-order valence-corrected chi connectivity index (χ2v) is 5.65. The summed E-state index contributed by atoms with van der Waals surface area (Å²) in [6.45, 7) is 9.79. The van der Waals surface area contributed by atoms with Crippen molar-refractivity contribution in [3.63, 3.8) is 0 Å². The van der Waals surface area contributed by atoms with Crippen LogP contribution in [0.4, 0.5) is 0 Å². The van der Waals surface area contributed by atoms with Crippen LogP contribution in [0.5, 0.6) is 0 Å². The van der Waals surface area contributed by atoms with Gasteiger partial charge in [-0.2, -0.15) is 0 Å². The molecule has 0 amide bonds. The monoisotopic (exact) mass is 234 g/mol. The van der Waals surface area contributed by atoms with Crippen molar-refractivity contribution in [3.8, 4) is 0 Å². The third kappa shape index (κ3) is 2.64. The second kappa shape index (κ2) is 4.21. The molecule has 2 unspecified atom stereocenters. The minimum Gasteiger partial charge on any atom is -0.359 e. The number of nitrogens with one attached hydrogen (secondary N) is 1. The molecule has 0 aromatic carbocycles. The fourth-order valence-corrected chi connectivity index (χ4v) is 2.68. The average Bonchev–Trinajstić information content (AvgIpc) is 2.57. The van der Waals surface area contributed by atoms with Crippen LogP contribution in [0.2, 0.25) is 0 Å². The van der Waals surface area contributed by atoms with Crippen molar-refractivity contribution in [2.75, 3.05) is 26.7 Å². The van der Waals surface area contributed by atoms with Crippen LogP contribution in [0.15, 0.2) is 0 Å². The highest BCUT2D eigenvalue weighted by atomic mass is 35.5. The molecule has 4 heteroatoms. The van der Waals surface area contributed by atoms with Gasteiger partial charge in [0.25, 0.3) is 0 Å². The van der Waals surface area contributed by atoms with E-state index in [9.17, 15) is 0 Å². The van der Waals surface area contributed by atoms with Gasteiger partial charge in [0.2, 0.25) is 0 Å². The van der Waals surface area contributed by atoms with Gasteiger partial charge in [-0.15, -0.1) is 12.4 Å². The summed E-state index contributed by atoms with van der Waals surface area (Å²) in [5, 5.41) is 3.62. The minimum atomic E-state index is -0.103. The molecule has 2 saturated heterocycles. The van der Waals surface area contributed by atoms with Crippen molar-refractivity contribution in [2.24, 2.45) is 5.92 Å². The molecule has 2 rings (SSSR count). The number of halogens is 1. The van der Waals surface area contributed by atoms with Gasteiger partial charge in [-0.1, -0.05) is 0 Å². The standard InChI is InChI=1S/C11H22N2O.ClH/c1-10(2)8-14-11(3,12-10)9-5-6-13(4)7-9;/h9,12H,5-8H2,1-4H3;1H. The number of rotatable bonds is 1. The molecule has 0 aliphatic carbocycles. The Bertz CT molecular complexity index is 235. The minimum absolute atomic E-state index is 0. The number of likely N-dealkylation sites (tertiary alicyclic amines) is 1. The summed E-state index contributed by atoms with van der Waals surface area (Å²) >= 11 is 0. The largest absolute Gasteiger partial charge is 0.359 e. The predicted molar refractivity (Wildman–Crippen MR) is 64.4 cm³/mol. The molecular weight excluding hydrogens is 212 g/mol. The quantitative estimate of drug-likeness (QED) is 0.744. The maximum absolute atomic E-state index is 5.95. The van der Waals surface area contributed by atoms with E-state index < -0.39 is 0 Å². The van der Waals surface area contributed by atoms with Gasteiger partial charge >= 0.3 is 0 Å². The molecule has 0 bridgehead atoms. The number of nitrogens with zero attached hydrogens (tertiary/aromatic N) is 1. The van der Waals surface area contributed by atoms with Crippen molar-refractivity contribution >= 4 is 12.4 Å². The van der Waals surface area contributed by atoms with Crippen LogP contribution in [0.3, 0.4) is 0 Å². The maximum atomic E-state index is 5.95. The van der Waals surface area contributed by atoms with Gasteiger partial charge < -0.3 is 9.64 Å². The summed E-state index contributed by atoms with van der Waals surface area (Å²) in [7, 11) is 2.18. The summed E-state index contributed by atoms with van der Waals surface area (Å²) in [4.78, 5) is 2.38. The lowest BCUT2D eigenvalue weighted by molar-refractivity contribution is -0.0390. The Hall–Kier alpha value is 0.170. The molecular formula is C11H23ClN2O. The van der Waals surface area contributed by atoms with Gasteiger partial charge in [0.1, 0.15) is 5.72 Å². The van der Waals surface area contributed by atoms with Crippen LogP contribution in [-0.2, 0) is 4.74 Å². The highest BCUT2D eigenvalue weighted by Gasteiger charge is 2.46. The van der Waals surface area contributed by atoms with Crippen LogP contribution < -0.4 is 5.32 Å². The van der Waals surface area contributed by atoms with Crippen molar-refractivity contribution in [1.82, 2.24) is 10.2 Å². The Morgan fingerprint density at radius 1 is 1.33 bits per heavy atom. The zero-order chi connectivity index (χ0) is 10.4. The van der Waals surface area contributed by atoms with Crippen LogP contribution in [-0.4, -0.2) is 42.9 Å². The zero-order valence-corrected chi connectivity index (χ0v) is 11.0. The van der Waals surface area contributed by atoms with Crippen molar-refractivity contribution < 1.29 is 4.74 Å². The van der Waals surface area contributed by atoms with Crippen LogP contribution in [0.25, 0.3) is 0 Å². The molecule has 0 aromatic rings. The van der Waals surface area contributed by atoms with Crippen molar-refractivity contribution in [1.29, 1.82) is 0 Å². The Morgan fingerprint density at radius 2 is 2.00 bits per heavy atom. The van der Waals surface area contributed by atoms with E-state index in [0.717, 1.165) is 13.2 Å². The highest BCUT2D eigenvalue weighted by molar-refractivity contribution is 5.85. The summed E-state index contributed by atoms with van der Waals surface area (Å²) in [5.74, 6) is 0.634. The average molecular weight is 235 g/mol. The molecule has 2 aliphatic rings. The van der Waals surface area contributed by atoms with Gasteiger partial charge in [-0.05, 0) is 40.8 Å². The first-order chi connectivity index (χ1) is 6.41. The molecule has 2 atom stereocenters. The first-order valence-corrected chi connectivity index (χ1v) is 5.53. The number of ether oxygens (including phenoxy) is 1. The van der Waals surface area contributed by atoms with Gasteiger partial charge in [-0.25, -0.2) is 0 Å². The van der Waals surface area contributed by atoms with Gasteiger partial charge in [0.15, 0.2) is 0 Å². The SMILES string of the molecule is CN1CCC(C2(C)NC(C)(C)CO2)C1.Cl. The van der Waals surface area contributed by atoms with Gasteiger partial charge in [0, 0.05) is 18.0 Å². The topological polar surface area (TPSA) is 24.5 Å². The molecule has 2 aliphatic heterocycles. The lowest BCUT2D eigenvalue weighted by Crippen LogP contribution is -2.51. The Balaban J connectivity index is 0.00000112. The molecule has 0 spiro atoms. The van der Waals surface area contributed by atoms with E-state index in [2.05, 4.69) is 38.0 Å². The Kier molecular flexibility index (Phi) is 3.71. The molecule has 2 fully saturated rings. The van der Waals surface area contributed by atoms with E-state index in [-0.39, 0.29) is 23.7 Å². The van der Waals surface area contributed by atoms with Crippen molar-refractivity contribution in [3.05, 3.63) is 0 Å². The van der Waals surface area contributed by atoms with Crippen LogP contribution >= 0.6 is 12.4 Å². The third-order valence-electron chi connectivity index (χ3n) is 3.49. The van der Waals surface area contributed by atoms with E-state index in [1.54, 1.807) is 0 Å². The molecule has 1 N–H and O–H groups in total. The summed E-state index contributed by atoms with van der Waals surface area (Å²) in [5.41, 5.74) is 0.0319. The molecule has 90 valence electrons. The highest BCUT2D eigenvalue weighted by Crippen LogP contribution is 2.34. The number of hydrogen-bond acceptors (Lipinski definition) is 3. The lowest BCUT2D eigenvalue weighted by atomic mass is 9.95. The van der Waals surface area contributed by atoms with E-state index in [1.807, 2.05) is 0 Å². The van der Waals surface area contributed by atoms with E-state index in [1.165, 1.54) is 13.0 Å². The smallest absolute Gasteiger partial charge is 0.121 e. The van der Waals surface area contributed by atoms with Crippen LogP contribution in [0.1, 0.15) is 27.2 Å². The zero-order valence-electron chi connectivity index (χ0n) is 10.2. The summed E-state index contributed by atoms with van der Waals surface area (Å²) in [6.07, 6.45) is 1.25. The van der Waals surface area contributed by atoms with E-state index >= 15 is 0 Å².